The molecule has 1 aromatic heterocycles. The van der Waals surface area contributed by atoms with Crippen molar-refractivity contribution in [1.29, 1.82) is 0 Å². The molecule has 1 aliphatic carbocycles. The van der Waals surface area contributed by atoms with Crippen LogP contribution in [0.15, 0.2) is 41.0 Å². The fourth-order valence-corrected chi connectivity index (χ4v) is 3.99. The minimum atomic E-state index is -0.369. The summed E-state index contributed by atoms with van der Waals surface area (Å²) in [7, 11) is 0. The van der Waals surface area contributed by atoms with Gasteiger partial charge in [0.1, 0.15) is 19.0 Å². The van der Waals surface area contributed by atoms with Gasteiger partial charge in [-0.25, -0.2) is 14.4 Å². The van der Waals surface area contributed by atoms with Gasteiger partial charge >= 0.3 is 0 Å². The molecule has 2 heterocycles. The van der Waals surface area contributed by atoms with Gasteiger partial charge in [0.05, 0.1) is 23.4 Å². The first-order valence-electron chi connectivity index (χ1n) is 9.76. The Labute approximate surface area is 181 Å². The first-order valence-corrected chi connectivity index (χ1v) is 10.6. The van der Waals surface area contributed by atoms with Crippen LogP contribution in [0.1, 0.15) is 11.1 Å². The summed E-state index contributed by atoms with van der Waals surface area (Å²) >= 11 is 3.50. The maximum Gasteiger partial charge on any atom is 0.227 e. The standard InChI is InChI=1S/C22H19BrFN3O3/c23-17-4-3-15-10-19(17)29-7-5-28-6-8-30-20-11-16-13(9-18(20)24)1-2-14-12-25-22(26-15)27-21(14)16/h3-4,9-12H,1-2,5-8H2,(H,25,26,27). The maximum atomic E-state index is 14.5. The minimum absolute atomic E-state index is 0.203. The lowest BCUT2D eigenvalue weighted by Crippen LogP contribution is -2.13. The molecule has 2 aliphatic rings. The lowest BCUT2D eigenvalue weighted by atomic mass is 9.89. The molecule has 1 N–H and O–H groups in total. The molecule has 8 heteroatoms. The van der Waals surface area contributed by atoms with E-state index < -0.39 is 0 Å². The summed E-state index contributed by atoms with van der Waals surface area (Å²) in [4.78, 5) is 9.19. The van der Waals surface area contributed by atoms with Crippen molar-refractivity contribution in [3.05, 3.63) is 57.9 Å². The first-order chi connectivity index (χ1) is 14.7. The highest BCUT2D eigenvalue weighted by Crippen LogP contribution is 2.37. The number of aromatic nitrogens is 2. The molecule has 0 saturated heterocycles. The van der Waals surface area contributed by atoms with Gasteiger partial charge in [0.25, 0.3) is 0 Å². The van der Waals surface area contributed by atoms with Crippen LogP contribution in [0.2, 0.25) is 0 Å². The molecule has 0 radical (unpaired) electrons. The van der Waals surface area contributed by atoms with Crippen molar-refractivity contribution in [3.8, 4) is 22.8 Å². The number of hydrogen-bond acceptors (Lipinski definition) is 6. The number of fused-ring (bicyclic) bond motifs is 4. The molecule has 6 nitrogen and oxygen atoms in total. The van der Waals surface area contributed by atoms with Crippen molar-refractivity contribution in [1.82, 2.24) is 9.97 Å². The molecule has 1 aliphatic heterocycles. The van der Waals surface area contributed by atoms with Crippen molar-refractivity contribution >= 4 is 27.6 Å². The second-order valence-electron chi connectivity index (χ2n) is 7.09. The third-order valence-corrected chi connectivity index (χ3v) is 5.75. The van der Waals surface area contributed by atoms with Gasteiger partial charge in [-0.05, 0) is 64.2 Å². The molecule has 0 saturated carbocycles. The van der Waals surface area contributed by atoms with E-state index in [1.807, 2.05) is 24.4 Å². The Morgan fingerprint density at radius 2 is 1.73 bits per heavy atom. The van der Waals surface area contributed by atoms with Gasteiger partial charge in [0, 0.05) is 23.5 Å². The smallest absolute Gasteiger partial charge is 0.227 e. The molecule has 0 amide bonds. The van der Waals surface area contributed by atoms with Crippen LogP contribution in [0, 0.1) is 5.82 Å². The molecule has 154 valence electrons. The third-order valence-electron chi connectivity index (χ3n) is 5.10. The Hall–Kier alpha value is -2.71. The van der Waals surface area contributed by atoms with Gasteiger partial charge in [-0.15, -0.1) is 0 Å². The second-order valence-corrected chi connectivity index (χ2v) is 7.94. The summed E-state index contributed by atoms with van der Waals surface area (Å²) < 4.78 is 32.4. The largest absolute Gasteiger partial charge is 0.490 e. The summed E-state index contributed by atoms with van der Waals surface area (Å²) in [5.74, 6) is 0.994. The van der Waals surface area contributed by atoms with E-state index in [2.05, 4.69) is 26.2 Å². The molecular formula is C22H19BrFN3O3. The van der Waals surface area contributed by atoms with E-state index in [0.717, 1.165) is 45.4 Å². The summed E-state index contributed by atoms with van der Waals surface area (Å²) in [6.07, 6.45) is 3.34. The molecule has 0 atom stereocenters. The SMILES string of the molecule is Fc1cc2c3cc1OCCOCCOc1cc(ccc1Br)Nc1ncc(c-3n1)CC2. The molecular weight excluding hydrogens is 453 g/mol. The number of halogens is 2. The molecule has 0 spiro atoms. The maximum absolute atomic E-state index is 14.5. The Balaban J connectivity index is 1.57. The Morgan fingerprint density at radius 1 is 0.933 bits per heavy atom. The molecule has 0 fully saturated rings. The zero-order valence-electron chi connectivity index (χ0n) is 16.1. The highest BCUT2D eigenvalue weighted by atomic mass is 79.9. The van der Waals surface area contributed by atoms with Gasteiger partial charge in [-0.3, -0.25) is 0 Å². The second kappa shape index (κ2) is 8.20. The van der Waals surface area contributed by atoms with Crippen LogP contribution in [0.5, 0.6) is 11.5 Å². The molecule has 30 heavy (non-hydrogen) atoms. The van der Waals surface area contributed by atoms with Gasteiger partial charge in [-0.2, -0.15) is 0 Å². The Morgan fingerprint density at radius 3 is 2.60 bits per heavy atom. The minimum Gasteiger partial charge on any atom is -0.490 e. The highest BCUT2D eigenvalue weighted by molar-refractivity contribution is 9.10. The number of ether oxygens (including phenoxy) is 3. The molecule has 5 rings (SSSR count). The van der Waals surface area contributed by atoms with Crippen molar-refractivity contribution in [2.75, 3.05) is 31.7 Å². The quantitative estimate of drug-likeness (QED) is 0.513. The molecule has 2 aromatic carbocycles. The Bertz CT molecular complexity index is 1110. The predicted molar refractivity (Wildman–Crippen MR) is 114 cm³/mol. The Kier molecular flexibility index (Phi) is 5.26. The molecule has 3 aromatic rings. The van der Waals surface area contributed by atoms with E-state index in [9.17, 15) is 4.39 Å². The van der Waals surface area contributed by atoms with Gasteiger partial charge in [0.2, 0.25) is 5.95 Å². The molecule has 0 unspecified atom stereocenters. The normalized spacial score (nSPS) is 15.5. The van der Waals surface area contributed by atoms with E-state index in [1.54, 1.807) is 12.1 Å². The number of aryl methyl sites for hydroxylation is 2. The average Bonchev–Trinajstić information content (AvgIpc) is 2.75. The summed E-state index contributed by atoms with van der Waals surface area (Å²) in [5, 5.41) is 3.24. The topological polar surface area (TPSA) is 65.5 Å². The van der Waals surface area contributed by atoms with E-state index in [0.29, 0.717) is 31.5 Å². The fraction of sp³-hybridized carbons (Fsp3) is 0.273. The van der Waals surface area contributed by atoms with Crippen LogP contribution < -0.4 is 14.8 Å². The number of nitrogens with zero attached hydrogens (tertiary/aromatic N) is 2. The zero-order valence-corrected chi connectivity index (χ0v) is 17.7. The van der Waals surface area contributed by atoms with Crippen LogP contribution in [0.3, 0.4) is 0 Å². The summed E-state index contributed by atoms with van der Waals surface area (Å²) in [6, 6.07) is 8.99. The predicted octanol–water partition coefficient (Wildman–Crippen LogP) is 4.68. The lowest BCUT2D eigenvalue weighted by molar-refractivity contribution is 0.0753. The van der Waals surface area contributed by atoms with Crippen LogP contribution in [-0.4, -0.2) is 36.4 Å². The van der Waals surface area contributed by atoms with Gasteiger partial charge in [0.15, 0.2) is 11.6 Å². The third kappa shape index (κ3) is 3.85. The first kappa shape index (κ1) is 19.3. The van der Waals surface area contributed by atoms with Crippen LogP contribution in [0.4, 0.5) is 16.0 Å². The van der Waals surface area contributed by atoms with Crippen molar-refractivity contribution in [2.45, 2.75) is 12.8 Å². The van der Waals surface area contributed by atoms with E-state index in [1.165, 1.54) is 0 Å². The number of nitrogens with one attached hydrogen (secondary N) is 1. The zero-order chi connectivity index (χ0) is 20.5. The van der Waals surface area contributed by atoms with Crippen LogP contribution in [0.25, 0.3) is 11.3 Å². The fourth-order valence-electron chi connectivity index (χ4n) is 3.63. The van der Waals surface area contributed by atoms with E-state index in [4.69, 9.17) is 19.2 Å². The summed E-state index contributed by atoms with van der Waals surface area (Å²) in [5.41, 5.74) is 4.44. The number of benzene rings is 2. The van der Waals surface area contributed by atoms with Crippen molar-refractivity contribution in [2.24, 2.45) is 0 Å². The highest BCUT2D eigenvalue weighted by Gasteiger charge is 2.22. The van der Waals surface area contributed by atoms with Crippen LogP contribution >= 0.6 is 15.9 Å². The number of anilines is 2. The average molecular weight is 472 g/mol. The van der Waals surface area contributed by atoms with Gasteiger partial charge in [-0.1, -0.05) is 0 Å². The monoisotopic (exact) mass is 471 g/mol. The lowest BCUT2D eigenvalue weighted by Gasteiger charge is -2.20. The van der Waals surface area contributed by atoms with E-state index >= 15 is 0 Å². The van der Waals surface area contributed by atoms with Crippen molar-refractivity contribution < 1.29 is 18.6 Å². The van der Waals surface area contributed by atoms with E-state index in [-0.39, 0.29) is 18.2 Å². The van der Waals surface area contributed by atoms with Gasteiger partial charge < -0.3 is 19.5 Å². The van der Waals surface area contributed by atoms with Crippen LogP contribution in [-0.2, 0) is 17.6 Å². The summed E-state index contributed by atoms with van der Waals surface area (Å²) in [6.45, 7) is 1.36. The van der Waals surface area contributed by atoms with Crippen molar-refractivity contribution in [3.63, 3.8) is 0 Å². The molecule has 6 bridgehead atoms. The number of rotatable bonds is 0. The number of hydrogen-bond donors (Lipinski definition) is 1.